The summed E-state index contributed by atoms with van der Waals surface area (Å²) in [5, 5.41) is 0. The molecule has 0 aliphatic heterocycles. The molecule has 1 rings (SSSR count). The van der Waals surface area contributed by atoms with Crippen LogP contribution >= 0.6 is 0 Å². The highest BCUT2D eigenvalue weighted by atomic mass is 16.5. The molecule has 0 N–H and O–H groups in total. The third-order valence-corrected chi connectivity index (χ3v) is 2.58. The van der Waals surface area contributed by atoms with Crippen molar-refractivity contribution in [1.82, 2.24) is 0 Å². The number of esters is 1. The van der Waals surface area contributed by atoms with E-state index in [2.05, 4.69) is 4.74 Å². The second-order valence-corrected chi connectivity index (χ2v) is 4.48. The maximum absolute atomic E-state index is 11.9. The van der Waals surface area contributed by atoms with Crippen LogP contribution in [0.3, 0.4) is 0 Å². The van der Waals surface area contributed by atoms with E-state index in [4.69, 9.17) is 0 Å². The van der Waals surface area contributed by atoms with Gasteiger partial charge in [-0.15, -0.1) is 0 Å². The zero-order chi connectivity index (χ0) is 13.7. The van der Waals surface area contributed by atoms with E-state index in [9.17, 15) is 9.59 Å². The van der Waals surface area contributed by atoms with Gasteiger partial charge in [-0.3, -0.25) is 4.79 Å². The molecule has 0 saturated carbocycles. The lowest BCUT2D eigenvalue weighted by Crippen LogP contribution is -2.18. The molecule has 0 unspecified atom stereocenters. The number of aryl methyl sites for hydroxylation is 1. The monoisotopic (exact) mass is 246 g/mol. The van der Waals surface area contributed by atoms with Gasteiger partial charge in [-0.25, -0.2) is 4.79 Å². The predicted molar refractivity (Wildman–Crippen MR) is 71.0 cm³/mol. The van der Waals surface area contributed by atoms with Crippen LogP contribution in [0.25, 0.3) is 6.08 Å². The molecule has 0 fully saturated rings. The Bertz CT molecular complexity index is 467. The molecule has 18 heavy (non-hydrogen) atoms. The Kier molecular flexibility index (Phi) is 4.84. The lowest BCUT2D eigenvalue weighted by atomic mass is 9.98. The lowest BCUT2D eigenvalue weighted by Gasteiger charge is -2.07. The largest absolute Gasteiger partial charge is 0.465 e. The first-order chi connectivity index (χ1) is 8.45. The van der Waals surface area contributed by atoms with E-state index in [-0.39, 0.29) is 17.3 Å². The van der Waals surface area contributed by atoms with Crippen molar-refractivity contribution in [3.63, 3.8) is 0 Å². The molecule has 3 nitrogen and oxygen atoms in total. The average Bonchev–Trinajstić information content (AvgIpc) is 2.36. The molecule has 0 radical (unpaired) electrons. The van der Waals surface area contributed by atoms with Gasteiger partial charge in [0.15, 0.2) is 5.78 Å². The van der Waals surface area contributed by atoms with E-state index in [0.29, 0.717) is 0 Å². The van der Waals surface area contributed by atoms with Crippen LogP contribution in [0.5, 0.6) is 0 Å². The van der Waals surface area contributed by atoms with Gasteiger partial charge in [0.2, 0.25) is 0 Å². The number of Topliss-reactive ketones (excluding diaryl/α,β-unsaturated/α-hetero) is 1. The first-order valence-electron chi connectivity index (χ1n) is 5.86. The normalized spacial score (nSPS) is 11.5. The molecule has 96 valence electrons. The molecule has 3 heteroatoms. The van der Waals surface area contributed by atoms with Crippen LogP contribution in [0, 0.1) is 12.8 Å². The molecule has 1 aromatic rings. The lowest BCUT2D eigenvalue weighted by molar-refractivity contribution is -0.138. The van der Waals surface area contributed by atoms with E-state index in [1.807, 2.05) is 31.2 Å². The van der Waals surface area contributed by atoms with Crippen molar-refractivity contribution in [1.29, 1.82) is 0 Å². The number of ketones is 1. The third kappa shape index (κ3) is 3.55. The Labute approximate surface area is 107 Å². The molecule has 0 spiro atoms. The number of hydrogen-bond donors (Lipinski definition) is 0. The maximum Gasteiger partial charge on any atom is 0.341 e. The molecule has 0 aromatic heterocycles. The predicted octanol–water partition coefficient (Wildman–Crippen LogP) is 2.78. The first-order valence-corrected chi connectivity index (χ1v) is 5.86. The summed E-state index contributed by atoms with van der Waals surface area (Å²) >= 11 is 0. The number of hydrogen-bond acceptors (Lipinski definition) is 3. The first kappa shape index (κ1) is 14.2. The van der Waals surface area contributed by atoms with Crippen molar-refractivity contribution in [2.45, 2.75) is 20.8 Å². The molecule has 0 aliphatic rings. The zero-order valence-corrected chi connectivity index (χ0v) is 11.2. The average molecular weight is 246 g/mol. The molecule has 0 heterocycles. The highest BCUT2D eigenvalue weighted by molar-refractivity contribution is 6.21. The van der Waals surface area contributed by atoms with Gasteiger partial charge in [0.05, 0.1) is 7.11 Å². The quantitative estimate of drug-likeness (QED) is 0.355. The van der Waals surface area contributed by atoms with Gasteiger partial charge in [0.25, 0.3) is 0 Å². The van der Waals surface area contributed by atoms with E-state index in [0.717, 1.165) is 11.1 Å². The minimum Gasteiger partial charge on any atom is -0.465 e. The minimum absolute atomic E-state index is 0.0938. The number of ether oxygens (including phenoxy) is 1. The SMILES string of the molecule is COC(=O)/C(=C\c1ccc(C)cc1)C(=O)C(C)C. The molecular formula is C15H18O3. The Morgan fingerprint density at radius 3 is 2.17 bits per heavy atom. The summed E-state index contributed by atoms with van der Waals surface area (Å²) in [4.78, 5) is 23.6. The molecule has 0 bridgehead atoms. The molecule has 0 saturated heterocycles. The molecular weight excluding hydrogens is 228 g/mol. The van der Waals surface area contributed by atoms with Gasteiger partial charge >= 0.3 is 5.97 Å². The summed E-state index contributed by atoms with van der Waals surface area (Å²) in [5.41, 5.74) is 2.04. The summed E-state index contributed by atoms with van der Waals surface area (Å²) in [7, 11) is 1.28. The summed E-state index contributed by atoms with van der Waals surface area (Å²) < 4.78 is 4.65. The highest BCUT2D eigenvalue weighted by Crippen LogP contribution is 2.14. The topological polar surface area (TPSA) is 43.4 Å². The molecule has 0 aliphatic carbocycles. The van der Waals surface area contributed by atoms with Crippen molar-refractivity contribution in [3.8, 4) is 0 Å². The van der Waals surface area contributed by atoms with Gasteiger partial charge in [-0.2, -0.15) is 0 Å². The van der Waals surface area contributed by atoms with E-state index in [1.165, 1.54) is 7.11 Å². The Hall–Kier alpha value is -1.90. The van der Waals surface area contributed by atoms with Crippen molar-refractivity contribution >= 4 is 17.8 Å². The van der Waals surface area contributed by atoms with Crippen LogP contribution in [0.2, 0.25) is 0 Å². The fraction of sp³-hybridized carbons (Fsp3) is 0.333. The van der Waals surface area contributed by atoms with Crippen LogP contribution in [-0.2, 0) is 14.3 Å². The van der Waals surface area contributed by atoms with Crippen LogP contribution in [0.4, 0.5) is 0 Å². The van der Waals surface area contributed by atoms with Gasteiger partial charge in [-0.1, -0.05) is 43.7 Å². The smallest absolute Gasteiger partial charge is 0.341 e. The fourth-order valence-electron chi connectivity index (χ4n) is 1.48. The van der Waals surface area contributed by atoms with Crippen molar-refractivity contribution in [3.05, 3.63) is 41.0 Å². The van der Waals surface area contributed by atoms with Crippen molar-refractivity contribution < 1.29 is 14.3 Å². The van der Waals surface area contributed by atoms with Crippen LogP contribution in [0.1, 0.15) is 25.0 Å². The number of carbonyl (C=O) groups is 2. The van der Waals surface area contributed by atoms with Crippen LogP contribution < -0.4 is 0 Å². The molecule has 0 atom stereocenters. The van der Waals surface area contributed by atoms with Crippen LogP contribution in [0.15, 0.2) is 29.8 Å². The fourth-order valence-corrected chi connectivity index (χ4v) is 1.48. The van der Waals surface area contributed by atoms with Gasteiger partial charge in [0, 0.05) is 5.92 Å². The summed E-state index contributed by atoms with van der Waals surface area (Å²) in [6.45, 7) is 5.50. The van der Waals surface area contributed by atoms with E-state index < -0.39 is 5.97 Å². The highest BCUT2D eigenvalue weighted by Gasteiger charge is 2.21. The number of methoxy groups -OCH3 is 1. The number of benzene rings is 1. The third-order valence-electron chi connectivity index (χ3n) is 2.58. The Balaban J connectivity index is 3.14. The maximum atomic E-state index is 11.9. The zero-order valence-electron chi connectivity index (χ0n) is 11.2. The summed E-state index contributed by atoms with van der Waals surface area (Å²) in [5.74, 6) is -1.03. The standard InChI is InChI=1S/C15H18O3/c1-10(2)14(16)13(15(17)18-4)9-12-7-5-11(3)6-8-12/h5-10H,1-4H3/b13-9-. The summed E-state index contributed by atoms with van der Waals surface area (Å²) in [6, 6.07) is 7.60. The summed E-state index contributed by atoms with van der Waals surface area (Å²) in [6.07, 6.45) is 1.58. The van der Waals surface area contributed by atoms with Gasteiger partial charge in [-0.05, 0) is 18.6 Å². The van der Waals surface area contributed by atoms with Gasteiger partial charge < -0.3 is 4.74 Å². The van der Waals surface area contributed by atoms with Crippen molar-refractivity contribution in [2.24, 2.45) is 5.92 Å². The Morgan fingerprint density at radius 1 is 1.17 bits per heavy atom. The second kappa shape index (κ2) is 6.15. The van der Waals surface area contributed by atoms with Crippen molar-refractivity contribution in [2.75, 3.05) is 7.11 Å². The number of carbonyl (C=O) groups excluding carboxylic acids is 2. The molecule has 1 aromatic carbocycles. The Morgan fingerprint density at radius 2 is 1.72 bits per heavy atom. The van der Waals surface area contributed by atoms with Crippen LogP contribution in [-0.4, -0.2) is 18.9 Å². The number of rotatable bonds is 4. The molecule has 0 amide bonds. The van der Waals surface area contributed by atoms with E-state index in [1.54, 1.807) is 19.9 Å². The van der Waals surface area contributed by atoms with Gasteiger partial charge in [0.1, 0.15) is 5.57 Å². The minimum atomic E-state index is -0.589. The van der Waals surface area contributed by atoms with E-state index >= 15 is 0 Å². The second-order valence-electron chi connectivity index (χ2n) is 4.48.